The molecule has 3 rings (SSSR count). The van der Waals surface area contributed by atoms with Crippen LogP contribution in [0.4, 0.5) is 0 Å². The number of hydrogen-bond donors (Lipinski definition) is 0. The summed E-state index contributed by atoms with van der Waals surface area (Å²) in [6.45, 7) is 6.59. The van der Waals surface area contributed by atoms with Crippen molar-refractivity contribution in [3.8, 4) is 11.5 Å². The number of pyridine rings is 1. The molecule has 0 saturated carbocycles. The normalized spacial score (nSPS) is 11.6. The summed E-state index contributed by atoms with van der Waals surface area (Å²) in [6, 6.07) is 14.1. The molecule has 1 aromatic carbocycles. The van der Waals surface area contributed by atoms with Gasteiger partial charge in [-0.3, -0.25) is 0 Å². The standard InChI is InChI=1S/C18H19N3OS/c1-18(2,3)14-9-7-13(8-10-14)17-21-20-15(22-17)12-23-16-6-4-5-11-19-16/h4-11H,12H2,1-3H3. The van der Waals surface area contributed by atoms with Crippen molar-refractivity contribution in [1.29, 1.82) is 0 Å². The zero-order chi connectivity index (χ0) is 16.3. The fraction of sp³-hybridized carbons (Fsp3) is 0.278. The van der Waals surface area contributed by atoms with Crippen molar-refractivity contribution in [1.82, 2.24) is 15.2 Å². The molecule has 0 spiro atoms. The van der Waals surface area contributed by atoms with E-state index in [4.69, 9.17) is 4.42 Å². The number of aromatic nitrogens is 3. The molecule has 0 aliphatic carbocycles. The van der Waals surface area contributed by atoms with E-state index in [1.54, 1.807) is 18.0 Å². The van der Waals surface area contributed by atoms with Crippen LogP contribution in [0.15, 0.2) is 58.1 Å². The minimum absolute atomic E-state index is 0.137. The Morgan fingerprint density at radius 3 is 2.43 bits per heavy atom. The highest BCUT2D eigenvalue weighted by molar-refractivity contribution is 7.98. The molecule has 0 atom stereocenters. The van der Waals surface area contributed by atoms with Gasteiger partial charge < -0.3 is 4.42 Å². The van der Waals surface area contributed by atoms with Crippen molar-refractivity contribution in [2.75, 3.05) is 0 Å². The van der Waals surface area contributed by atoms with Crippen LogP contribution in [0.25, 0.3) is 11.5 Å². The topological polar surface area (TPSA) is 51.8 Å². The molecule has 3 aromatic rings. The fourth-order valence-electron chi connectivity index (χ4n) is 2.11. The van der Waals surface area contributed by atoms with Gasteiger partial charge in [-0.2, -0.15) is 0 Å². The second-order valence-electron chi connectivity index (χ2n) is 6.28. The lowest BCUT2D eigenvalue weighted by molar-refractivity contribution is 0.528. The SMILES string of the molecule is CC(C)(C)c1ccc(-c2nnc(CSc3ccccn3)o2)cc1. The van der Waals surface area contributed by atoms with E-state index in [0.29, 0.717) is 17.5 Å². The van der Waals surface area contributed by atoms with Crippen molar-refractivity contribution in [3.05, 3.63) is 60.1 Å². The second kappa shape index (κ2) is 6.54. The summed E-state index contributed by atoms with van der Waals surface area (Å²) >= 11 is 1.58. The Hall–Kier alpha value is -2.14. The zero-order valence-electron chi connectivity index (χ0n) is 13.5. The van der Waals surface area contributed by atoms with E-state index in [0.717, 1.165) is 10.6 Å². The third-order valence-corrected chi connectivity index (χ3v) is 4.37. The minimum atomic E-state index is 0.137. The van der Waals surface area contributed by atoms with Crippen LogP contribution in [0.5, 0.6) is 0 Å². The van der Waals surface area contributed by atoms with Crippen molar-refractivity contribution >= 4 is 11.8 Å². The molecule has 2 aromatic heterocycles. The molecule has 0 amide bonds. The van der Waals surface area contributed by atoms with Gasteiger partial charge in [-0.15, -0.1) is 10.2 Å². The summed E-state index contributed by atoms with van der Waals surface area (Å²) in [5.74, 6) is 1.78. The molecule has 0 unspecified atom stereocenters. The average Bonchev–Trinajstić information content (AvgIpc) is 3.02. The molecule has 0 bridgehead atoms. The van der Waals surface area contributed by atoms with E-state index < -0.39 is 0 Å². The predicted octanol–water partition coefficient (Wildman–Crippen LogP) is 4.72. The van der Waals surface area contributed by atoms with Gasteiger partial charge in [0.15, 0.2) is 0 Å². The summed E-state index contributed by atoms with van der Waals surface area (Å²) < 4.78 is 5.75. The maximum absolute atomic E-state index is 5.75. The van der Waals surface area contributed by atoms with E-state index in [1.807, 2.05) is 30.3 Å². The zero-order valence-corrected chi connectivity index (χ0v) is 14.3. The van der Waals surface area contributed by atoms with E-state index in [9.17, 15) is 0 Å². The highest BCUT2D eigenvalue weighted by Crippen LogP contribution is 2.26. The molecule has 0 radical (unpaired) electrons. The average molecular weight is 325 g/mol. The van der Waals surface area contributed by atoms with Gasteiger partial charge in [0.25, 0.3) is 0 Å². The van der Waals surface area contributed by atoms with Crippen LogP contribution in [-0.2, 0) is 11.2 Å². The first kappa shape index (κ1) is 15.7. The van der Waals surface area contributed by atoms with Gasteiger partial charge in [0, 0.05) is 11.8 Å². The Kier molecular flexibility index (Phi) is 4.48. The van der Waals surface area contributed by atoms with Crippen LogP contribution in [0.2, 0.25) is 0 Å². The van der Waals surface area contributed by atoms with E-state index in [-0.39, 0.29) is 5.41 Å². The monoisotopic (exact) mass is 325 g/mol. The fourth-order valence-corrected chi connectivity index (χ4v) is 2.81. The third kappa shape index (κ3) is 3.99. The molecule has 23 heavy (non-hydrogen) atoms. The van der Waals surface area contributed by atoms with Gasteiger partial charge >= 0.3 is 0 Å². The number of rotatable bonds is 4. The Bertz CT molecular complexity index is 761. The third-order valence-electron chi connectivity index (χ3n) is 3.45. The highest BCUT2D eigenvalue weighted by Gasteiger charge is 2.14. The van der Waals surface area contributed by atoms with Crippen LogP contribution in [0.3, 0.4) is 0 Å². The Balaban J connectivity index is 1.69. The highest BCUT2D eigenvalue weighted by atomic mass is 32.2. The lowest BCUT2D eigenvalue weighted by atomic mass is 9.87. The van der Waals surface area contributed by atoms with Gasteiger partial charge in [0.05, 0.1) is 10.8 Å². The van der Waals surface area contributed by atoms with Gasteiger partial charge in [-0.25, -0.2) is 4.98 Å². The second-order valence-corrected chi connectivity index (χ2v) is 7.28. The van der Waals surface area contributed by atoms with E-state index in [1.165, 1.54) is 5.56 Å². The van der Waals surface area contributed by atoms with Gasteiger partial charge in [0.2, 0.25) is 11.8 Å². The molecule has 118 valence electrons. The molecule has 0 aliphatic heterocycles. The van der Waals surface area contributed by atoms with Gasteiger partial charge in [-0.1, -0.05) is 50.7 Å². The Morgan fingerprint density at radius 2 is 1.78 bits per heavy atom. The minimum Gasteiger partial charge on any atom is -0.420 e. The predicted molar refractivity (Wildman–Crippen MR) is 92.2 cm³/mol. The molecular weight excluding hydrogens is 306 g/mol. The summed E-state index contributed by atoms with van der Waals surface area (Å²) in [5.41, 5.74) is 2.36. The molecule has 5 heteroatoms. The van der Waals surface area contributed by atoms with Crippen LogP contribution < -0.4 is 0 Å². The maximum Gasteiger partial charge on any atom is 0.247 e. The molecular formula is C18H19N3OS. The summed E-state index contributed by atoms with van der Waals surface area (Å²) in [7, 11) is 0. The number of hydrogen-bond acceptors (Lipinski definition) is 5. The van der Waals surface area contributed by atoms with Gasteiger partial charge in [0.1, 0.15) is 0 Å². The summed E-state index contributed by atoms with van der Waals surface area (Å²) in [6.07, 6.45) is 1.78. The lowest BCUT2D eigenvalue weighted by Gasteiger charge is -2.18. The van der Waals surface area contributed by atoms with Crippen molar-refractivity contribution in [3.63, 3.8) is 0 Å². The first-order valence-corrected chi connectivity index (χ1v) is 8.48. The van der Waals surface area contributed by atoms with Crippen LogP contribution in [-0.4, -0.2) is 15.2 Å². The molecule has 2 heterocycles. The van der Waals surface area contributed by atoms with E-state index in [2.05, 4.69) is 48.1 Å². The smallest absolute Gasteiger partial charge is 0.247 e. The molecule has 0 aliphatic rings. The number of nitrogens with zero attached hydrogens (tertiary/aromatic N) is 3. The van der Waals surface area contributed by atoms with Crippen LogP contribution in [0, 0.1) is 0 Å². The largest absolute Gasteiger partial charge is 0.420 e. The summed E-state index contributed by atoms with van der Waals surface area (Å²) in [5, 5.41) is 9.20. The van der Waals surface area contributed by atoms with Gasteiger partial charge in [-0.05, 0) is 35.2 Å². The molecule has 4 nitrogen and oxygen atoms in total. The quantitative estimate of drug-likeness (QED) is 0.650. The Labute approximate surface area is 140 Å². The van der Waals surface area contributed by atoms with Crippen molar-refractivity contribution < 1.29 is 4.42 Å². The first-order chi connectivity index (χ1) is 11.0. The van der Waals surface area contributed by atoms with Crippen LogP contribution >= 0.6 is 11.8 Å². The van der Waals surface area contributed by atoms with Crippen molar-refractivity contribution in [2.45, 2.75) is 37.0 Å². The number of benzene rings is 1. The maximum atomic E-state index is 5.75. The lowest BCUT2D eigenvalue weighted by Crippen LogP contribution is -2.10. The molecule has 0 fully saturated rings. The number of thioether (sulfide) groups is 1. The Morgan fingerprint density at radius 1 is 1.00 bits per heavy atom. The molecule has 0 saturated heterocycles. The first-order valence-electron chi connectivity index (χ1n) is 7.49. The van der Waals surface area contributed by atoms with Crippen LogP contribution in [0.1, 0.15) is 32.2 Å². The molecule has 0 N–H and O–H groups in total. The van der Waals surface area contributed by atoms with E-state index >= 15 is 0 Å². The summed E-state index contributed by atoms with van der Waals surface area (Å²) in [4.78, 5) is 4.26. The van der Waals surface area contributed by atoms with Crippen molar-refractivity contribution in [2.24, 2.45) is 0 Å².